The molecule has 1 aliphatic rings. The Hall–Kier alpha value is -2.83. The summed E-state index contributed by atoms with van der Waals surface area (Å²) in [6, 6.07) is 8.97. The fourth-order valence-corrected chi connectivity index (χ4v) is 2.97. The number of aryl methyl sites for hydroxylation is 1. The van der Waals surface area contributed by atoms with Gasteiger partial charge in [0.2, 0.25) is 0 Å². The summed E-state index contributed by atoms with van der Waals surface area (Å²) in [7, 11) is 1.64. The van der Waals surface area contributed by atoms with Crippen molar-refractivity contribution in [3.05, 3.63) is 53.6 Å². The number of carbonyl (C=O) groups is 1. The molecule has 0 aliphatic carbocycles. The summed E-state index contributed by atoms with van der Waals surface area (Å²) in [6.45, 7) is 4.38. The maximum absolute atomic E-state index is 13.3. The number of urea groups is 1. The predicted octanol–water partition coefficient (Wildman–Crippen LogP) is 3.64. The zero-order valence-electron chi connectivity index (χ0n) is 14.8. The Morgan fingerprint density at radius 2 is 1.77 bits per heavy atom. The minimum Gasteiger partial charge on any atom is -0.495 e. The van der Waals surface area contributed by atoms with Crippen LogP contribution >= 0.6 is 0 Å². The van der Waals surface area contributed by atoms with Gasteiger partial charge in [0.25, 0.3) is 0 Å². The minimum atomic E-state index is -0.987. The van der Waals surface area contributed by atoms with Crippen molar-refractivity contribution < 1.29 is 18.3 Å². The Labute approximate surface area is 151 Å². The average molecular weight is 361 g/mol. The Bertz CT molecular complexity index is 805. The van der Waals surface area contributed by atoms with E-state index < -0.39 is 11.6 Å². The van der Waals surface area contributed by atoms with Crippen LogP contribution in [0.1, 0.15) is 5.56 Å². The number of carbonyl (C=O) groups excluding carboxylic acids is 1. The van der Waals surface area contributed by atoms with Gasteiger partial charge in [-0.15, -0.1) is 0 Å². The monoisotopic (exact) mass is 361 g/mol. The van der Waals surface area contributed by atoms with Crippen LogP contribution in [0, 0.1) is 18.6 Å². The number of amides is 2. The summed E-state index contributed by atoms with van der Waals surface area (Å²) in [6.07, 6.45) is 0. The molecule has 0 saturated carbocycles. The van der Waals surface area contributed by atoms with Crippen molar-refractivity contribution in [2.45, 2.75) is 6.92 Å². The van der Waals surface area contributed by atoms with Crippen molar-refractivity contribution in [1.82, 2.24) is 4.90 Å². The zero-order chi connectivity index (χ0) is 18.7. The van der Waals surface area contributed by atoms with Gasteiger partial charge < -0.3 is 19.9 Å². The Morgan fingerprint density at radius 1 is 1.04 bits per heavy atom. The van der Waals surface area contributed by atoms with Crippen molar-refractivity contribution in [3.8, 4) is 5.75 Å². The Morgan fingerprint density at radius 3 is 2.42 bits per heavy atom. The lowest BCUT2D eigenvalue weighted by atomic mass is 10.1. The highest BCUT2D eigenvalue weighted by Crippen LogP contribution is 2.30. The van der Waals surface area contributed by atoms with E-state index in [2.05, 4.69) is 16.3 Å². The lowest BCUT2D eigenvalue weighted by molar-refractivity contribution is 0.208. The molecule has 1 heterocycles. The van der Waals surface area contributed by atoms with Crippen LogP contribution in [-0.4, -0.2) is 44.2 Å². The van der Waals surface area contributed by atoms with E-state index in [1.54, 1.807) is 12.0 Å². The number of nitrogens with one attached hydrogen (secondary N) is 1. The second kappa shape index (κ2) is 7.59. The number of piperazine rings is 1. The van der Waals surface area contributed by atoms with Gasteiger partial charge in [-0.1, -0.05) is 6.07 Å². The summed E-state index contributed by atoms with van der Waals surface area (Å²) in [5.41, 5.74) is 2.38. The molecule has 2 aromatic rings. The zero-order valence-corrected chi connectivity index (χ0v) is 14.8. The minimum absolute atomic E-state index is 0.233. The van der Waals surface area contributed by atoms with Gasteiger partial charge in [0.1, 0.15) is 5.75 Å². The second-order valence-corrected chi connectivity index (χ2v) is 6.21. The molecule has 7 heteroatoms. The quantitative estimate of drug-likeness (QED) is 0.908. The number of ether oxygens (including phenoxy) is 1. The highest BCUT2D eigenvalue weighted by atomic mass is 19.2. The molecular weight excluding hydrogens is 340 g/mol. The van der Waals surface area contributed by atoms with Crippen LogP contribution in [0.3, 0.4) is 0 Å². The van der Waals surface area contributed by atoms with Crippen molar-refractivity contribution in [3.63, 3.8) is 0 Å². The van der Waals surface area contributed by atoms with E-state index in [-0.39, 0.29) is 11.7 Å². The highest BCUT2D eigenvalue weighted by molar-refractivity contribution is 5.89. The number of hydrogen-bond acceptors (Lipinski definition) is 3. The first-order valence-electron chi connectivity index (χ1n) is 8.38. The van der Waals surface area contributed by atoms with Crippen molar-refractivity contribution >= 4 is 17.4 Å². The third kappa shape index (κ3) is 3.87. The molecule has 1 fully saturated rings. The predicted molar refractivity (Wildman–Crippen MR) is 96.9 cm³/mol. The van der Waals surface area contributed by atoms with Gasteiger partial charge in [-0.25, -0.2) is 13.6 Å². The van der Waals surface area contributed by atoms with Gasteiger partial charge in [0.15, 0.2) is 11.6 Å². The maximum atomic E-state index is 13.3. The maximum Gasteiger partial charge on any atom is 0.321 e. The first-order chi connectivity index (χ1) is 12.5. The van der Waals surface area contributed by atoms with Crippen molar-refractivity contribution in [2.75, 3.05) is 43.5 Å². The molecule has 5 nitrogen and oxygen atoms in total. The lowest BCUT2D eigenvalue weighted by Gasteiger charge is -2.36. The molecular formula is C19H21F2N3O2. The number of benzene rings is 2. The number of halogens is 2. The van der Waals surface area contributed by atoms with Crippen LogP contribution in [-0.2, 0) is 0 Å². The third-order valence-corrected chi connectivity index (χ3v) is 4.41. The smallest absolute Gasteiger partial charge is 0.321 e. The molecule has 1 N–H and O–H groups in total. The summed E-state index contributed by atoms with van der Waals surface area (Å²) in [4.78, 5) is 16.2. The lowest BCUT2D eigenvalue weighted by Crippen LogP contribution is -2.50. The molecule has 0 atom stereocenters. The topological polar surface area (TPSA) is 44.8 Å². The fourth-order valence-electron chi connectivity index (χ4n) is 2.97. The number of nitrogens with zero attached hydrogens (tertiary/aromatic N) is 2. The van der Waals surface area contributed by atoms with E-state index >= 15 is 0 Å². The molecule has 1 aliphatic heterocycles. The van der Waals surface area contributed by atoms with Gasteiger partial charge in [0, 0.05) is 37.9 Å². The van der Waals surface area contributed by atoms with E-state index in [0.29, 0.717) is 26.2 Å². The normalized spacial score (nSPS) is 14.3. The van der Waals surface area contributed by atoms with Gasteiger partial charge in [0.05, 0.1) is 12.8 Å². The summed E-state index contributed by atoms with van der Waals surface area (Å²) < 4.78 is 31.7. The van der Waals surface area contributed by atoms with E-state index in [4.69, 9.17) is 4.74 Å². The van der Waals surface area contributed by atoms with E-state index in [1.165, 1.54) is 6.07 Å². The van der Waals surface area contributed by atoms with Crippen molar-refractivity contribution in [2.24, 2.45) is 0 Å². The standard InChI is InChI=1S/C19H21F2N3O2/c1-13-3-6-18(26-2)17(11-13)23-7-9-24(10-8-23)19(25)22-14-4-5-15(20)16(21)12-14/h3-6,11-12H,7-10H2,1-2H3,(H,22,25). The molecule has 0 unspecified atom stereocenters. The average Bonchev–Trinajstić information content (AvgIpc) is 2.65. The SMILES string of the molecule is COc1ccc(C)cc1N1CCN(C(=O)Nc2ccc(F)c(F)c2)CC1. The van der Waals surface area contributed by atoms with E-state index in [1.807, 2.05) is 19.1 Å². The fraction of sp³-hybridized carbons (Fsp3) is 0.316. The summed E-state index contributed by atoms with van der Waals surface area (Å²) in [5, 5.41) is 2.60. The van der Waals surface area contributed by atoms with Gasteiger partial charge in [-0.2, -0.15) is 0 Å². The molecule has 2 aromatic carbocycles. The van der Waals surface area contributed by atoms with Crippen molar-refractivity contribution in [1.29, 1.82) is 0 Å². The van der Waals surface area contributed by atoms with Crippen LogP contribution in [0.2, 0.25) is 0 Å². The highest BCUT2D eigenvalue weighted by Gasteiger charge is 2.23. The third-order valence-electron chi connectivity index (χ3n) is 4.41. The number of hydrogen-bond donors (Lipinski definition) is 1. The molecule has 0 bridgehead atoms. The van der Waals surface area contributed by atoms with Crippen LogP contribution in [0.4, 0.5) is 25.0 Å². The summed E-state index contributed by atoms with van der Waals surface area (Å²) >= 11 is 0. The molecule has 138 valence electrons. The molecule has 1 saturated heterocycles. The molecule has 0 radical (unpaired) electrons. The van der Waals surface area contributed by atoms with Crippen LogP contribution in [0.15, 0.2) is 36.4 Å². The van der Waals surface area contributed by atoms with Gasteiger partial charge in [-0.05, 0) is 36.8 Å². The molecule has 3 rings (SSSR count). The first-order valence-corrected chi connectivity index (χ1v) is 8.38. The second-order valence-electron chi connectivity index (χ2n) is 6.21. The van der Waals surface area contributed by atoms with Gasteiger partial charge >= 0.3 is 6.03 Å². The summed E-state index contributed by atoms with van der Waals surface area (Å²) in [5.74, 6) is -1.13. The van der Waals surface area contributed by atoms with Gasteiger partial charge in [-0.3, -0.25) is 0 Å². The first kappa shape index (κ1) is 18.0. The Kier molecular flexibility index (Phi) is 5.25. The number of anilines is 2. The molecule has 0 aromatic heterocycles. The van der Waals surface area contributed by atoms with E-state index in [0.717, 1.165) is 29.1 Å². The molecule has 2 amide bonds. The van der Waals surface area contributed by atoms with Crippen LogP contribution in [0.5, 0.6) is 5.75 Å². The number of methoxy groups -OCH3 is 1. The van der Waals surface area contributed by atoms with E-state index in [9.17, 15) is 13.6 Å². The largest absolute Gasteiger partial charge is 0.495 e. The Balaban J connectivity index is 1.62. The molecule has 26 heavy (non-hydrogen) atoms. The van der Waals surface area contributed by atoms with Crippen LogP contribution < -0.4 is 15.0 Å². The number of rotatable bonds is 3. The van der Waals surface area contributed by atoms with Crippen LogP contribution in [0.25, 0.3) is 0 Å². The molecule has 0 spiro atoms.